The van der Waals surface area contributed by atoms with Gasteiger partial charge in [-0.15, -0.1) is 0 Å². The summed E-state index contributed by atoms with van der Waals surface area (Å²) in [6, 6.07) is 2.02. The Labute approximate surface area is 78.8 Å². The zero-order valence-corrected chi connectivity index (χ0v) is 8.42. The van der Waals surface area contributed by atoms with Crippen LogP contribution in [0.5, 0.6) is 0 Å². The van der Waals surface area contributed by atoms with Crippen LogP contribution in [0.3, 0.4) is 0 Å². The summed E-state index contributed by atoms with van der Waals surface area (Å²) in [4.78, 5) is 0. The van der Waals surface area contributed by atoms with Gasteiger partial charge in [0.2, 0.25) is 0 Å². The van der Waals surface area contributed by atoms with E-state index in [9.17, 15) is 0 Å². The largest absolute Gasteiger partial charge is 0.466 e. The molecule has 3 heteroatoms. The van der Waals surface area contributed by atoms with Crippen molar-refractivity contribution in [3.05, 3.63) is 23.2 Å². The van der Waals surface area contributed by atoms with Crippen LogP contribution in [0.4, 0.5) is 0 Å². The van der Waals surface area contributed by atoms with Crippen LogP contribution in [0.1, 0.15) is 24.0 Å². The molecule has 0 fully saturated rings. The predicted octanol–water partition coefficient (Wildman–Crippen LogP) is 1.37. The molecule has 1 heterocycles. The van der Waals surface area contributed by atoms with Gasteiger partial charge in [0.15, 0.2) is 0 Å². The molecular formula is C10H17NO2. The van der Waals surface area contributed by atoms with Crippen LogP contribution >= 0.6 is 0 Å². The third-order valence-corrected chi connectivity index (χ3v) is 1.90. The molecule has 0 saturated carbocycles. The third kappa shape index (κ3) is 3.20. The summed E-state index contributed by atoms with van der Waals surface area (Å²) in [5.41, 5.74) is 1.16. The molecule has 1 rings (SSSR count). The molecule has 3 nitrogen and oxygen atoms in total. The average Bonchev–Trinajstić information content (AvgIpc) is 2.29. The molecule has 1 unspecified atom stereocenters. The van der Waals surface area contributed by atoms with E-state index in [1.165, 1.54) is 0 Å². The number of aliphatic hydroxyl groups is 1. The number of hydrogen-bond acceptors (Lipinski definition) is 3. The van der Waals surface area contributed by atoms with E-state index >= 15 is 0 Å². The molecule has 0 aromatic carbocycles. The highest BCUT2D eigenvalue weighted by Crippen LogP contribution is 2.12. The molecule has 0 bridgehead atoms. The second-order valence-electron chi connectivity index (χ2n) is 3.42. The maximum absolute atomic E-state index is 9.02. The normalized spacial score (nSPS) is 13.2. The highest BCUT2D eigenvalue weighted by molar-refractivity contribution is 5.19. The smallest absolute Gasteiger partial charge is 0.105 e. The molecule has 0 radical (unpaired) electrons. The zero-order chi connectivity index (χ0) is 9.84. The Morgan fingerprint density at radius 1 is 1.54 bits per heavy atom. The zero-order valence-electron chi connectivity index (χ0n) is 8.42. The molecule has 1 aromatic heterocycles. The second-order valence-corrected chi connectivity index (χ2v) is 3.42. The summed E-state index contributed by atoms with van der Waals surface area (Å²) in [5, 5.41) is 12.2. The van der Waals surface area contributed by atoms with Crippen molar-refractivity contribution < 1.29 is 9.52 Å². The Hall–Kier alpha value is -0.800. The van der Waals surface area contributed by atoms with E-state index in [0.717, 1.165) is 23.6 Å². The van der Waals surface area contributed by atoms with Gasteiger partial charge in [0, 0.05) is 18.7 Å². The van der Waals surface area contributed by atoms with E-state index < -0.39 is 0 Å². The molecule has 0 saturated heterocycles. The first-order valence-corrected chi connectivity index (χ1v) is 4.54. The number of furan rings is 1. The molecule has 0 aliphatic rings. The predicted molar refractivity (Wildman–Crippen MR) is 51.6 cm³/mol. The average molecular weight is 183 g/mol. The van der Waals surface area contributed by atoms with Crippen LogP contribution in [-0.2, 0) is 6.54 Å². The summed E-state index contributed by atoms with van der Waals surface area (Å²) in [7, 11) is 0. The lowest BCUT2D eigenvalue weighted by molar-refractivity contribution is 0.191. The van der Waals surface area contributed by atoms with Crippen molar-refractivity contribution in [2.75, 3.05) is 6.54 Å². The lowest BCUT2D eigenvalue weighted by Crippen LogP contribution is -2.23. The van der Waals surface area contributed by atoms with Crippen LogP contribution in [0.15, 0.2) is 10.5 Å². The van der Waals surface area contributed by atoms with Crippen LogP contribution in [0.25, 0.3) is 0 Å². The van der Waals surface area contributed by atoms with Crippen LogP contribution in [0, 0.1) is 13.8 Å². The van der Waals surface area contributed by atoms with Crippen molar-refractivity contribution in [3.8, 4) is 0 Å². The molecule has 0 aliphatic heterocycles. The van der Waals surface area contributed by atoms with Crippen molar-refractivity contribution in [2.24, 2.45) is 0 Å². The minimum absolute atomic E-state index is 0.298. The van der Waals surface area contributed by atoms with Crippen molar-refractivity contribution in [2.45, 2.75) is 33.4 Å². The standard InChI is InChI=1S/C10H17NO2/c1-7(12)5-11-6-10-4-8(2)13-9(10)3/h4,7,11-12H,5-6H2,1-3H3. The van der Waals surface area contributed by atoms with Gasteiger partial charge in [-0.05, 0) is 26.8 Å². The van der Waals surface area contributed by atoms with E-state index in [-0.39, 0.29) is 6.10 Å². The molecule has 74 valence electrons. The minimum Gasteiger partial charge on any atom is -0.466 e. The Bertz CT molecular complexity index is 266. The van der Waals surface area contributed by atoms with Crippen molar-refractivity contribution in [1.82, 2.24) is 5.32 Å². The molecule has 0 spiro atoms. The minimum atomic E-state index is -0.298. The summed E-state index contributed by atoms with van der Waals surface area (Å²) < 4.78 is 5.37. The fraction of sp³-hybridized carbons (Fsp3) is 0.600. The quantitative estimate of drug-likeness (QED) is 0.741. The molecule has 1 atom stereocenters. The lowest BCUT2D eigenvalue weighted by Gasteiger charge is -2.05. The summed E-state index contributed by atoms with van der Waals surface area (Å²) >= 11 is 0. The molecule has 1 aromatic rings. The van der Waals surface area contributed by atoms with Gasteiger partial charge in [0.25, 0.3) is 0 Å². The van der Waals surface area contributed by atoms with Crippen molar-refractivity contribution in [1.29, 1.82) is 0 Å². The van der Waals surface area contributed by atoms with Crippen molar-refractivity contribution in [3.63, 3.8) is 0 Å². The SMILES string of the molecule is Cc1cc(CNCC(C)O)c(C)o1. The third-order valence-electron chi connectivity index (χ3n) is 1.90. The van der Waals surface area contributed by atoms with E-state index in [2.05, 4.69) is 5.32 Å². The molecule has 13 heavy (non-hydrogen) atoms. The van der Waals surface area contributed by atoms with E-state index in [0.29, 0.717) is 6.54 Å². The van der Waals surface area contributed by atoms with Gasteiger partial charge in [0.05, 0.1) is 6.10 Å². The molecule has 0 amide bonds. The number of aryl methyl sites for hydroxylation is 2. The Kier molecular flexibility index (Phi) is 3.51. The highest BCUT2D eigenvalue weighted by Gasteiger charge is 2.03. The summed E-state index contributed by atoms with van der Waals surface area (Å²) in [5.74, 6) is 1.89. The molecule has 2 N–H and O–H groups in total. The fourth-order valence-corrected chi connectivity index (χ4v) is 1.27. The first-order valence-electron chi connectivity index (χ1n) is 4.54. The van der Waals surface area contributed by atoms with Gasteiger partial charge in [-0.3, -0.25) is 0 Å². The number of nitrogens with one attached hydrogen (secondary N) is 1. The molecule has 0 aliphatic carbocycles. The topological polar surface area (TPSA) is 45.4 Å². The van der Waals surface area contributed by atoms with Crippen molar-refractivity contribution >= 4 is 0 Å². The first kappa shape index (κ1) is 10.3. The lowest BCUT2D eigenvalue weighted by atomic mass is 10.2. The monoisotopic (exact) mass is 183 g/mol. The Morgan fingerprint density at radius 3 is 2.69 bits per heavy atom. The van der Waals surface area contributed by atoms with Crippen LogP contribution < -0.4 is 5.32 Å². The fourth-order valence-electron chi connectivity index (χ4n) is 1.27. The summed E-state index contributed by atoms with van der Waals surface area (Å²) in [6.07, 6.45) is -0.298. The van der Waals surface area contributed by atoms with Gasteiger partial charge in [-0.25, -0.2) is 0 Å². The van der Waals surface area contributed by atoms with Crippen LogP contribution in [0.2, 0.25) is 0 Å². The molecular weight excluding hydrogens is 166 g/mol. The van der Waals surface area contributed by atoms with Crippen LogP contribution in [-0.4, -0.2) is 17.8 Å². The van der Waals surface area contributed by atoms with E-state index in [1.807, 2.05) is 19.9 Å². The van der Waals surface area contributed by atoms with E-state index in [1.54, 1.807) is 6.92 Å². The first-order chi connectivity index (χ1) is 6.09. The second kappa shape index (κ2) is 4.44. The van der Waals surface area contributed by atoms with E-state index in [4.69, 9.17) is 9.52 Å². The van der Waals surface area contributed by atoms with Gasteiger partial charge in [-0.2, -0.15) is 0 Å². The Morgan fingerprint density at radius 2 is 2.23 bits per heavy atom. The Balaban J connectivity index is 2.40. The van der Waals surface area contributed by atoms with Gasteiger partial charge >= 0.3 is 0 Å². The number of hydrogen-bond donors (Lipinski definition) is 2. The summed E-state index contributed by atoms with van der Waals surface area (Å²) in [6.45, 7) is 7.02. The maximum Gasteiger partial charge on any atom is 0.105 e. The van der Waals surface area contributed by atoms with Gasteiger partial charge in [-0.1, -0.05) is 0 Å². The number of aliphatic hydroxyl groups excluding tert-OH is 1. The van der Waals surface area contributed by atoms with Gasteiger partial charge < -0.3 is 14.8 Å². The number of rotatable bonds is 4. The highest BCUT2D eigenvalue weighted by atomic mass is 16.3. The van der Waals surface area contributed by atoms with Gasteiger partial charge in [0.1, 0.15) is 11.5 Å². The maximum atomic E-state index is 9.02.